The Morgan fingerprint density at radius 1 is 1.33 bits per heavy atom. The number of benzene rings is 1. The zero-order chi connectivity index (χ0) is 13.3. The van der Waals surface area contributed by atoms with Crippen LogP contribution in [-0.2, 0) is 4.79 Å². The maximum absolute atomic E-state index is 11.0. The van der Waals surface area contributed by atoms with Crippen LogP contribution in [0.25, 0.3) is 11.0 Å². The van der Waals surface area contributed by atoms with E-state index in [1.165, 1.54) is 0 Å². The molecule has 0 aliphatic carbocycles. The van der Waals surface area contributed by atoms with Gasteiger partial charge in [-0.3, -0.25) is 0 Å². The van der Waals surface area contributed by atoms with Gasteiger partial charge in [-0.2, -0.15) is 0 Å². The molecular formula is C15H18O3. The molecule has 0 saturated heterocycles. The fraction of sp³-hybridized carbons (Fsp3) is 0.400. The van der Waals surface area contributed by atoms with Gasteiger partial charge in [0, 0.05) is 11.8 Å². The number of carbonyl (C=O) groups excluding carboxylic acids is 1. The van der Waals surface area contributed by atoms with Crippen molar-refractivity contribution in [3.8, 4) is 0 Å². The topological polar surface area (TPSA) is 50.4 Å². The van der Waals surface area contributed by atoms with E-state index in [1.54, 1.807) is 13.2 Å². The van der Waals surface area contributed by atoms with E-state index in [0.29, 0.717) is 12.8 Å². The Labute approximate surface area is 106 Å². The first-order valence-corrected chi connectivity index (χ1v) is 6.15. The molecule has 3 heteroatoms. The molecule has 18 heavy (non-hydrogen) atoms. The third-order valence-electron chi connectivity index (χ3n) is 3.28. The highest BCUT2D eigenvalue weighted by Crippen LogP contribution is 2.29. The summed E-state index contributed by atoms with van der Waals surface area (Å²) in [6.07, 6.45) is 1.97. The average molecular weight is 246 g/mol. The Morgan fingerprint density at radius 2 is 2.06 bits per heavy atom. The Hall–Kier alpha value is -1.61. The van der Waals surface area contributed by atoms with Crippen molar-refractivity contribution in [1.29, 1.82) is 0 Å². The molecular weight excluding hydrogens is 228 g/mol. The Morgan fingerprint density at radius 3 is 2.72 bits per heavy atom. The molecule has 0 aliphatic rings. The predicted molar refractivity (Wildman–Crippen MR) is 70.6 cm³/mol. The van der Waals surface area contributed by atoms with Crippen molar-refractivity contribution >= 4 is 16.8 Å². The van der Waals surface area contributed by atoms with Crippen molar-refractivity contribution < 1.29 is 14.3 Å². The van der Waals surface area contributed by atoms with Crippen molar-refractivity contribution in [2.75, 3.05) is 0 Å². The van der Waals surface area contributed by atoms with Gasteiger partial charge in [-0.05, 0) is 56.0 Å². The standard InChI is InChI=1S/C15H18O3/c1-9-6-13-10(2)8-18-15(13)7-12(9)14(17)5-4-11(3)16/h6-8,14,17H,4-5H2,1-3H3/t14-/m0/s1. The molecule has 0 saturated carbocycles. The lowest BCUT2D eigenvalue weighted by atomic mass is 9.97. The predicted octanol–water partition coefficient (Wildman–Crippen LogP) is 3.45. The molecule has 2 aromatic rings. The summed E-state index contributed by atoms with van der Waals surface area (Å²) in [6.45, 7) is 5.51. The molecule has 0 radical (unpaired) electrons. The molecule has 0 spiro atoms. The Balaban J connectivity index is 2.32. The second kappa shape index (κ2) is 4.94. The molecule has 0 fully saturated rings. The largest absolute Gasteiger partial charge is 0.464 e. The van der Waals surface area contributed by atoms with Crippen LogP contribution in [0.5, 0.6) is 0 Å². The van der Waals surface area contributed by atoms with Gasteiger partial charge in [0.1, 0.15) is 11.4 Å². The van der Waals surface area contributed by atoms with Gasteiger partial charge in [0.15, 0.2) is 0 Å². The summed E-state index contributed by atoms with van der Waals surface area (Å²) >= 11 is 0. The zero-order valence-corrected chi connectivity index (χ0v) is 11.0. The van der Waals surface area contributed by atoms with E-state index in [2.05, 4.69) is 0 Å². The average Bonchev–Trinajstić information content (AvgIpc) is 2.67. The summed E-state index contributed by atoms with van der Waals surface area (Å²) in [7, 11) is 0. The normalized spacial score (nSPS) is 12.9. The number of aryl methyl sites for hydroxylation is 2. The minimum Gasteiger partial charge on any atom is -0.464 e. The highest BCUT2D eigenvalue weighted by molar-refractivity contribution is 5.82. The summed E-state index contributed by atoms with van der Waals surface area (Å²) in [5, 5.41) is 11.2. The first-order chi connectivity index (χ1) is 8.49. The molecule has 0 aliphatic heterocycles. The lowest BCUT2D eigenvalue weighted by Gasteiger charge is -2.13. The van der Waals surface area contributed by atoms with Gasteiger partial charge in [0.25, 0.3) is 0 Å². The SMILES string of the molecule is CC(=O)CC[C@H](O)c1cc2occ(C)c2cc1C. The monoisotopic (exact) mass is 246 g/mol. The number of aliphatic hydroxyl groups excluding tert-OH is 1. The number of Topliss-reactive ketones (excluding diaryl/α,β-unsaturated/α-hetero) is 1. The van der Waals surface area contributed by atoms with Crippen LogP contribution in [0.3, 0.4) is 0 Å². The Bertz CT molecular complexity index is 581. The lowest BCUT2D eigenvalue weighted by Crippen LogP contribution is -2.02. The maximum atomic E-state index is 11.0. The first-order valence-electron chi connectivity index (χ1n) is 6.15. The molecule has 1 atom stereocenters. The number of aliphatic hydroxyl groups is 1. The molecule has 96 valence electrons. The Kier molecular flexibility index (Phi) is 3.53. The van der Waals surface area contributed by atoms with Crippen LogP contribution in [0.15, 0.2) is 22.8 Å². The molecule has 1 aromatic heterocycles. The second-order valence-corrected chi connectivity index (χ2v) is 4.88. The van der Waals surface area contributed by atoms with E-state index in [-0.39, 0.29) is 5.78 Å². The molecule has 0 amide bonds. The highest BCUT2D eigenvalue weighted by atomic mass is 16.3. The number of carbonyl (C=O) groups is 1. The van der Waals surface area contributed by atoms with Gasteiger partial charge < -0.3 is 14.3 Å². The minimum absolute atomic E-state index is 0.0987. The van der Waals surface area contributed by atoms with E-state index in [4.69, 9.17) is 4.42 Å². The fourth-order valence-electron chi connectivity index (χ4n) is 2.18. The number of hydrogen-bond acceptors (Lipinski definition) is 3. The van der Waals surface area contributed by atoms with E-state index >= 15 is 0 Å². The third-order valence-corrected chi connectivity index (χ3v) is 3.28. The van der Waals surface area contributed by atoms with Crippen LogP contribution in [0.4, 0.5) is 0 Å². The number of rotatable bonds is 4. The number of ketones is 1. The minimum atomic E-state index is -0.608. The van der Waals surface area contributed by atoms with Crippen molar-refractivity contribution in [2.45, 2.75) is 39.7 Å². The van der Waals surface area contributed by atoms with E-state index in [9.17, 15) is 9.90 Å². The van der Waals surface area contributed by atoms with Crippen molar-refractivity contribution in [1.82, 2.24) is 0 Å². The quantitative estimate of drug-likeness (QED) is 0.898. The number of hydrogen-bond donors (Lipinski definition) is 1. The van der Waals surface area contributed by atoms with Crippen LogP contribution >= 0.6 is 0 Å². The summed E-state index contributed by atoms with van der Waals surface area (Å²) < 4.78 is 5.44. The second-order valence-electron chi connectivity index (χ2n) is 4.88. The maximum Gasteiger partial charge on any atom is 0.134 e. The fourth-order valence-corrected chi connectivity index (χ4v) is 2.18. The molecule has 0 bridgehead atoms. The number of furan rings is 1. The van der Waals surface area contributed by atoms with Crippen LogP contribution < -0.4 is 0 Å². The molecule has 2 rings (SSSR count). The molecule has 1 N–H and O–H groups in total. The van der Waals surface area contributed by atoms with Crippen molar-refractivity contribution in [3.63, 3.8) is 0 Å². The third kappa shape index (κ3) is 2.46. The summed E-state index contributed by atoms with van der Waals surface area (Å²) in [5.41, 5.74) is 3.76. The summed E-state index contributed by atoms with van der Waals surface area (Å²) in [5.74, 6) is 0.0987. The van der Waals surface area contributed by atoms with Crippen molar-refractivity contribution in [2.24, 2.45) is 0 Å². The van der Waals surface area contributed by atoms with Crippen LogP contribution in [-0.4, -0.2) is 10.9 Å². The van der Waals surface area contributed by atoms with Crippen LogP contribution in [0.1, 0.15) is 42.6 Å². The van der Waals surface area contributed by atoms with Crippen LogP contribution in [0, 0.1) is 13.8 Å². The smallest absolute Gasteiger partial charge is 0.134 e. The van der Waals surface area contributed by atoms with E-state index in [0.717, 1.165) is 27.7 Å². The van der Waals surface area contributed by atoms with Gasteiger partial charge >= 0.3 is 0 Å². The number of fused-ring (bicyclic) bond motifs is 1. The molecule has 1 heterocycles. The molecule has 3 nitrogen and oxygen atoms in total. The van der Waals surface area contributed by atoms with Crippen molar-refractivity contribution in [3.05, 3.63) is 35.1 Å². The van der Waals surface area contributed by atoms with E-state index < -0.39 is 6.10 Å². The molecule has 1 aromatic carbocycles. The molecule has 0 unspecified atom stereocenters. The van der Waals surface area contributed by atoms with Gasteiger partial charge in [0.2, 0.25) is 0 Å². The zero-order valence-electron chi connectivity index (χ0n) is 11.0. The van der Waals surface area contributed by atoms with Gasteiger partial charge in [-0.1, -0.05) is 0 Å². The summed E-state index contributed by atoms with van der Waals surface area (Å²) in [6, 6.07) is 3.91. The van der Waals surface area contributed by atoms with Gasteiger partial charge in [-0.25, -0.2) is 0 Å². The highest BCUT2D eigenvalue weighted by Gasteiger charge is 2.14. The van der Waals surface area contributed by atoms with Crippen LogP contribution in [0.2, 0.25) is 0 Å². The van der Waals surface area contributed by atoms with Gasteiger partial charge in [0.05, 0.1) is 12.4 Å². The lowest BCUT2D eigenvalue weighted by molar-refractivity contribution is -0.117. The first kappa shape index (κ1) is 12.8. The van der Waals surface area contributed by atoms with E-state index in [1.807, 2.05) is 26.0 Å². The van der Waals surface area contributed by atoms with Gasteiger partial charge in [-0.15, -0.1) is 0 Å². The summed E-state index contributed by atoms with van der Waals surface area (Å²) in [4.78, 5) is 11.0.